The number of nitrogens with one attached hydrogen (secondary N) is 1. The molecule has 1 aliphatic rings. The van der Waals surface area contributed by atoms with Crippen LogP contribution >= 0.6 is 0 Å². The van der Waals surface area contributed by atoms with Gasteiger partial charge in [0, 0.05) is 18.8 Å². The molecule has 3 rings (SSSR count). The molecular formula is C23H30N2O4S. The third kappa shape index (κ3) is 4.68. The van der Waals surface area contributed by atoms with Crippen molar-refractivity contribution in [3.8, 4) is 5.75 Å². The maximum absolute atomic E-state index is 13.2. The van der Waals surface area contributed by atoms with Crippen LogP contribution in [0.5, 0.6) is 5.75 Å². The van der Waals surface area contributed by atoms with Crippen molar-refractivity contribution in [2.75, 3.05) is 25.0 Å². The van der Waals surface area contributed by atoms with Gasteiger partial charge in [-0.25, -0.2) is 8.42 Å². The molecule has 7 heteroatoms. The summed E-state index contributed by atoms with van der Waals surface area (Å²) in [5.74, 6) is 0.174. The Morgan fingerprint density at radius 1 is 1.13 bits per heavy atom. The van der Waals surface area contributed by atoms with Gasteiger partial charge in [0.2, 0.25) is 15.9 Å². The minimum atomic E-state index is -3.67. The van der Waals surface area contributed by atoms with Crippen LogP contribution in [-0.2, 0) is 14.8 Å². The number of hydrogen-bond donors (Lipinski definition) is 1. The van der Waals surface area contributed by atoms with Crippen molar-refractivity contribution >= 4 is 21.6 Å². The zero-order chi connectivity index (χ0) is 21.9. The van der Waals surface area contributed by atoms with Crippen molar-refractivity contribution in [2.45, 2.75) is 45.4 Å². The number of anilines is 1. The molecule has 1 saturated heterocycles. The molecule has 0 aromatic heterocycles. The van der Waals surface area contributed by atoms with Crippen LogP contribution in [0.1, 0.15) is 36.5 Å². The third-order valence-electron chi connectivity index (χ3n) is 5.57. The van der Waals surface area contributed by atoms with Crippen LogP contribution in [0.3, 0.4) is 0 Å². The highest BCUT2D eigenvalue weighted by Crippen LogP contribution is 2.28. The van der Waals surface area contributed by atoms with Gasteiger partial charge in [0.1, 0.15) is 5.75 Å². The van der Waals surface area contributed by atoms with E-state index < -0.39 is 10.0 Å². The first-order valence-electron chi connectivity index (χ1n) is 10.3. The molecule has 0 unspecified atom stereocenters. The summed E-state index contributed by atoms with van der Waals surface area (Å²) in [6.45, 7) is 8.76. The molecule has 0 radical (unpaired) electrons. The fraction of sp³-hybridized carbons (Fsp3) is 0.435. The van der Waals surface area contributed by atoms with Crippen LogP contribution in [0.4, 0.5) is 5.69 Å². The molecule has 1 N–H and O–H groups in total. The summed E-state index contributed by atoms with van der Waals surface area (Å²) in [6, 6.07) is 10.8. The van der Waals surface area contributed by atoms with Gasteiger partial charge < -0.3 is 10.1 Å². The number of carbonyl (C=O) groups excluding carboxylic acids is 1. The average Bonchev–Trinajstić information content (AvgIpc) is 2.72. The summed E-state index contributed by atoms with van der Waals surface area (Å²) >= 11 is 0. The van der Waals surface area contributed by atoms with Crippen LogP contribution in [0, 0.1) is 26.7 Å². The third-order valence-corrected chi connectivity index (χ3v) is 7.43. The fourth-order valence-corrected chi connectivity index (χ4v) is 5.47. The fourth-order valence-electron chi connectivity index (χ4n) is 3.86. The van der Waals surface area contributed by atoms with E-state index in [1.54, 1.807) is 18.2 Å². The number of rotatable bonds is 6. The maximum atomic E-state index is 13.2. The molecule has 0 bridgehead atoms. The number of sulfonamides is 1. The van der Waals surface area contributed by atoms with Gasteiger partial charge in [-0.3, -0.25) is 4.79 Å². The highest BCUT2D eigenvalue weighted by molar-refractivity contribution is 7.89. The number of amides is 1. The molecule has 1 fully saturated rings. The first-order valence-corrected chi connectivity index (χ1v) is 11.8. The van der Waals surface area contributed by atoms with Crippen LogP contribution < -0.4 is 10.1 Å². The lowest BCUT2D eigenvalue weighted by molar-refractivity contribution is -0.120. The minimum Gasteiger partial charge on any atom is -0.494 e. The Kier molecular flexibility index (Phi) is 6.83. The Labute approximate surface area is 179 Å². The molecule has 6 nitrogen and oxygen atoms in total. The van der Waals surface area contributed by atoms with E-state index in [1.165, 1.54) is 4.31 Å². The second-order valence-electron chi connectivity index (χ2n) is 7.82. The number of piperidine rings is 1. The summed E-state index contributed by atoms with van der Waals surface area (Å²) in [5.41, 5.74) is 3.57. The highest BCUT2D eigenvalue weighted by Gasteiger charge is 2.33. The molecule has 30 heavy (non-hydrogen) atoms. The van der Waals surface area contributed by atoms with E-state index in [0.717, 1.165) is 22.4 Å². The first-order chi connectivity index (χ1) is 14.2. The maximum Gasteiger partial charge on any atom is 0.243 e. The molecule has 0 saturated carbocycles. The zero-order valence-corrected chi connectivity index (χ0v) is 18.9. The lowest BCUT2D eigenvalue weighted by Gasteiger charge is -2.31. The lowest BCUT2D eigenvalue weighted by atomic mass is 9.98. The van der Waals surface area contributed by atoms with E-state index in [9.17, 15) is 13.2 Å². The molecule has 2 aromatic carbocycles. The van der Waals surface area contributed by atoms with Gasteiger partial charge in [-0.05, 0) is 75.4 Å². The van der Waals surface area contributed by atoms with Crippen LogP contribution in [0.2, 0.25) is 0 Å². The molecule has 0 aliphatic carbocycles. The molecule has 1 heterocycles. The Balaban J connectivity index is 1.76. The molecular weight excluding hydrogens is 400 g/mol. The molecule has 1 amide bonds. The normalized spacial score (nSPS) is 17.5. The summed E-state index contributed by atoms with van der Waals surface area (Å²) < 4.78 is 33.3. The number of nitrogens with zero attached hydrogens (tertiary/aromatic N) is 1. The molecule has 1 aliphatic heterocycles. The van der Waals surface area contributed by atoms with Crippen LogP contribution in [-0.4, -0.2) is 38.3 Å². The van der Waals surface area contributed by atoms with Crippen molar-refractivity contribution in [1.82, 2.24) is 4.31 Å². The quantitative estimate of drug-likeness (QED) is 0.750. The molecule has 162 valence electrons. The minimum absolute atomic E-state index is 0.129. The SMILES string of the molecule is CCOc1ccc(S(=O)(=O)N2CCC[C@@H](C(=O)Nc3c(C)cccc3C)C2)cc1C. The second-order valence-corrected chi connectivity index (χ2v) is 9.76. The predicted molar refractivity (Wildman–Crippen MR) is 118 cm³/mol. The van der Waals surface area contributed by atoms with Gasteiger partial charge in [0.05, 0.1) is 17.4 Å². The molecule has 2 aromatic rings. The van der Waals surface area contributed by atoms with E-state index >= 15 is 0 Å². The summed E-state index contributed by atoms with van der Waals surface area (Å²) in [4.78, 5) is 13.1. The Bertz CT molecular complexity index is 1010. The standard InChI is InChI=1S/C23H30N2O4S/c1-5-29-21-12-11-20(14-18(21)4)30(27,28)25-13-7-10-19(15-25)23(26)24-22-16(2)8-6-9-17(22)3/h6,8-9,11-12,14,19H,5,7,10,13,15H2,1-4H3,(H,24,26)/t19-/m1/s1. The Morgan fingerprint density at radius 2 is 1.83 bits per heavy atom. The van der Waals surface area contributed by atoms with E-state index in [2.05, 4.69) is 5.32 Å². The highest BCUT2D eigenvalue weighted by atomic mass is 32.2. The number of aryl methyl sites for hydroxylation is 3. The zero-order valence-electron chi connectivity index (χ0n) is 18.1. The average molecular weight is 431 g/mol. The molecule has 0 spiro atoms. The summed E-state index contributed by atoms with van der Waals surface area (Å²) in [7, 11) is -3.67. The van der Waals surface area contributed by atoms with Gasteiger partial charge in [-0.15, -0.1) is 0 Å². The van der Waals surface area contributed by atoms with E-state index in [-0.39, 0.29) is 23.3 Å². The first kappa shape index (κ1) is 22.3. The molecule has 1 atom stereocenters. The summed E-state index contributed by atoms with van der Waals surface area (Å²) in [6.07, 6.45) is 1.32. The van der Waals surface area contributed by atoms with Crippen molar-refractivity contribution < 1.29 is 17.9 Å². The van der Waals surface area contributed by atoms with Gasteiger partial charge in [-0.1, -0.05) is 18.2 Å². The number of carbonyl (C=O) groups is 1. The van der Waals surface area contributed by atoms with E-state index in [1.807, 2.05) is 45.9 Å². The smallest absolute Gasteiger partial charge is 0.243 e. The van der Waals surface area contributed by atoms with Gasteiger partial charge in [0.15, 0.2) is 0 Å². The topological polar surface area (TPSA) is 75.7 Å². The second kappa shape index (κ2) is 9.18. The van der Waals surface area contributed by atoms with Gasteiger partial charge in [0.25, 0.3) is 0 Å². The Hall–Kier alpha value is -2.38. The van der Waals surface area contributed by atoms with Crippen molar-refractivity contribution in [3.63, 3.8) is 0 Å². The van der Waals surface area contributed by atoms with Crippen LogP contribution in [0.15, 0.2) is 41.3 Å². The van der Waals surface area contributed by atoms with Gasteiger partial charge >= 0.3 is 0 Å². The van der Waals surface area contributed by atoms with Crippen LogP contribution in [0.25, 0.3) is 0 Å². The van der Waals surface area contributed by atoms with E-state index in [4.69, 9.17) is 4.74 Å². The number of ether oxygens (including phenoxy) is 1. The van der Waals surface area contributed by atoms with Crippen molar-refractivity contribution in [3.05, 3.63) is 53.1 Å². The Morgan fingerprint density at radius 3 is 2.47 bits per heavy atom. The number of hydrogen-bond acceptors (Lipinski definition) is 4. The van der Waals surface area contributed by atoms with Crippen molar-refractivity contribution in [1.29, 1.82) is 0 Å². The summed E-state index contributed by atoms with van der Waals surface area (Å²) in [5, 5.41) is 3.01. The monoisotopic (exact) mass is 430 g/mol. The number of para-hydroxylation sites is 1. The van der Waals surface area contributed by atoms with E-state index in [0.29, 0.717) is 31.7 Å². The van der Waals surface area contributed by atoms with Crippen molar-refractivity contribution in [2.24, 2.45) is 5.92 Å². The predicted octanol–water partition coefficient (Wildman–Crippen LogP) is 4.05. The lowest BCUT2D eigenvalue weighted by Crippen LogP contribution is -2.43. The van der Waals surface area contributed by atoms with Gasteiger partial charge in [-0.2, -0.15) is 4.31 Å². The number of benzene rings is 2. The largest absolute Gasteiger partial charge is 0.494 e.